The highest BCUT2D eigenvalue weighted by Gasteiger charge is 2.20. The zero-order chi connectivity index (χ0) is 37.7. The Labute approximate surface area is 329 Å². The van der Waals surface area contributed by atoms with E-state index in [1.807, 2.05) is 24.3 Å². The van der Waals surface area contributed by atoms with Crippen LogP contribution in [0, 0.1) is 0 Å². The highest BCUT2D eigenvalue weighted by atomic mass is 16.3. The number of fused-ring (bicyclic) bond motifs is 5. The third-order valence-electron chi connectivity index (χ3n) is 11.0. The summed E-state index contributed by atoms with van der Waals surface area (Å²) in [5.74, 6) is 1.80. The predicted molar refractivity (Wildman–Crippen MR) is 235 cm³/mol. The molecule has 9 aromatic carbocycles. The van der Waals surface area contributed by atoms with Crippen LogP contribution in [0.15, 0.2) is 205 Å². The fourth-order valence-corrected chi connectivity index (χ4v) is 8.13. The lowest BCUT2D eigenvalue weighted by molar-refractivity contribution is 0.669. The summed E-state index contributed by atoms with van der Waals surface area (Å²) < 4.78 is 6.56. The Morgan fingerprint density at radius 3 is 1.54 bits per heavy atom. The summed E-state index contributed by atoms with van der Waals surface area (Å²) in [4.78, 5) is 15.6. The summed E-state index contributed by atoms with van der Waals surface area (Å²) in [5.41, 5.74) is 11.2. The van der Waals surface area contributed by atoms with E-state index >= 15 is 0 Å². The molecule has 0 bridgehead atoms. The minimum absolute atomic E-state index is 0.587. The summed E-state index contributed by atoms with van der Waals surface area (Å²) in [6, 6.07) is 69.9. The largest absolute Gasteiger partial charge is 0.456 e. The molecule has 0 aliphatic carbocycles. The Kier molecular flexibility index (Phi) is 7.78. The molecular weight excluding hydrogens is 695 g/mol. The van der Waals surface area contributed by atoms with Crippen molar-refractivity contribution in [2.75, 3.05) is 0 Å². The van der Waals surface area contributed by atoms with E-state index in [-0.39, 0.29) is 0 Å². The SMILES string of the molecule is c1ccc(-c2ccc(-c3cccc4oc5cccc(-c6nc(-c7ccc(-c8cccc9ccccc89)cc7)nc(-c7ccc8ccccc8c7)n6)c5c34)cc2)cc1. The van der Waals surface area contributed by atoms with Crippen LogP contribution in [0.3, 0.4) is 0 Å². The van der Waals surface area contributed by atoms with E-state index in [2.05, 4.69) is 176 Å². The smallest absolute Gasteiger partial charge is 0.164 e. The van der Waals surface area contributed by atoms with Gasteiger partial charge >= 0.3 is 0 Å². The van der Waals surface area contributed by atoms with Crippen molar-refractivity contribution >= 4 is 43.5 Å². The van der Waals surface area contributed by atoms with Gasteiger partial charge in [0.05, 0.1) is 0 Å². The van der Waals surface area contributed by atoms with E-state index < -0.39 is 0 Å². The number of nitrogens with zero attached hydrogens (tertiary/aromatic N) is 3. The van der Waals surface area contributed by atoms with Gasteiger partial charge in [-0.2, -0.15) is 0 Å². The van der Waals surface area contributed by atoms with Gasteiger partial charge < -0.3 is 4.42 Å². The fraction of sp³-hybridized carbons (Fsp3) is 0. The quantitative estimate of drug-likeness (QED) is 0.171. The van der Waals surface area contributed by atoms with E-state index in [9.17, 15) is 0 Å². The van der Waals surface area contributed by atoms with Crippen LogP contribution in [-0.2, 0) is 0 Å². The van der Waals surface area contributed by atoms with Gasteiger partial charge in [-0.1, -0.05) is 182 Å². The second kappa shape index (κ2) is 13.6. The molecule has 11 aromatic rings. The topological polar surface area (TPSA) is 51.8 Å². The highest BCUT2D eigenvalue weighted by molar-refractivity contribution is 6.17. The molecule has 0 amide bonds. The van der Waals surface area contributed by atoms with Crippen LogP contribution in [0.2, 0.25) is 0 Å². The van der Waals surface area contributed by atoms with E-state index in [1.54, 1.807) is 0 Å². The molecule has 4 heteroatoms. The molecule has 2 aromatic heterocycles. The molecule has 0 atom stereocenters. The molecule has 2 heterocycles. The van der Waals surface area contributed by atoms with Crippen LogP contribution in [0.5, 0.6) is 0 Å². The molecule has 57 heavy (non-hydrogen) atoms. The van der Waals surface area contributed by atoms with Gasteiger partial charge in [-0.05, 0) is 73.1 Å². The zero-order valence-electron chi connectivity index (χ0n) is 30.8. The Morgan fingerprint density at radius 1 is 0.281 bits per heavy atom. The predicted octanol–water partition coefficient (Wildman–Crippen LogP) is 14.1. The molecule has 0 unspecified atom stereocenters. The second-order valence-electron chi connectivity index (χ2n) is 14.4. The number of rotatable bonds is 6. The van der Waals surface area contributed by atoms with Gasteiger partial charge in [0, 0.05) is 27.5 Å². The van der Waals surface area contributed by atoms with E-state index in [1.165, 1.54) is 32.8 Å². The van der Waals surface area contributed by atoms with Gasteiger partial charge in [0.15, 0.2) is 17.5 Å². The monoisotopic (exact) mass is 727 g/mol. The maximum Gasteiger partial charge on any atom is 0.164 e. The molecule has 0 saturated carbocycles. The molecule has 0 aliphatic rings. The van der Waals surface area contributed by atoms with Crippen molar-refractivity contribution in [2.45, 2.75) is 0 Å². The van der Waals surface area contributed by atoms with Gasteiger partial charge in [-0.3, -0.25) is 0 Å². The molecule has 266 valence electrons. The number of hydrogen-bond donors (Lipinski definition) is 0. The Bertz CT molecular complexity index is 3270. The van der Waals surface area contributed by atoms with Crippen LogP contribution in [0.25, 0.3) is 111 Å². The lowest BCUT2D eigenvalue weighted by Crippen LogP contribution is -2.00. The van der Waals surface area contributed by atoms with Crippen molar-refractivity contribution in [3.8, 4) is 67.5 Å². The minimum Gasteiger partial charge on any atom is -0.456 e. The highest BCUT2D eigenvalue weighted by Crippen LogP contribution is 2.42. The lowest BCUT2D eigenvalue weighted by Gasteiger charge is -2.11. The van der Waals surface area contributed by atoms with Crippen LogP contribution in [0.1, 0.15) is 0 Å². The summed E-state index contributed by atoms with van der Waals surface area (Å²) in [6.07, 6.45) is 0. The molecular formula is C53H33N3O. The average Bonchev–Trinajstić information content (AvgIpc) is 3.68. The van der Waals surface area contributed by atoms with Crippen LogP contribution in [-0.4, -0.2) is 15.0 Å². The van der Waals surface area contributed by atoms with Crippen molar-refractivity contribution in [1.29, 1.82) is 0 Å². The number of furan rings is 1. The summed E-state index contributed by atoms with van der Waals surface area (Å²) >= 11 is 0. The standard InChI is InChI=1S/C53H33N3O/c1-2-11-34(12-3-1)36-23-26-39(27-24-36)45-19-9-21-47-49(45)50-46(20-10-22-48(50)57-47)53-55-51(54-52(56-53)42-32-25-35-13-4-5-15-41(35)33-42)40-30-28-38(29-31-40)44-18-8-16-37-14-6-7-17-43(37)44/h1-33H. The fourth-order valence-electron chi connectivity index (χ4n) is 8.13. The normalized spacial score (nSPS) is 11.5. The third kappa shape index (κ3) is 5.83. The first-order chi connectivity index (χ1) is 28.2. The summed E-state index contributed by atoms with van der Waals surface area (Å²) in [5, 5.41) is 6.74. The molecule has 11 rings (SSSR count). The summed E-state index contributed by atoms with van der Waals surface area (Å²) in [6.45, 7) is 0. The average molecular weight is 728 g/mol. The van der Waals surface area contributed by atoms with E-state index in [4.69, 9.17) is 19.4 Å². The maximum atomic E-state index is 6.56. The second-order valence-corrected chi connectivity index (χ2v) is 14.4. The Morgan fingerprint density at radius 2 is 0.772 bits per heavy atom. The summed E-state index contributed by atoms with van der Waals surface area (Å²) in [7, 11) is 0. The van der Waals surface area contributed by atoms with Crippen molar-refractivity contribution in [1.82, 2.24) is 15.0 Å². The van der Waals surface area contributed by atoms with Gasteiger partial charge in [0.1, 0.15) is 11.2 Å². The van der Waals surface area contributed by atoms with Gasteiger partial charge in [-0.25, -0.2) is 15.0 Å². The third-order valence-corrected chi connectivity index (χ3v) is 11.0. The van der Waals surface area contributed by atoms with Gasteiger partial charge in [-0.15, -0.1) is 0 Å². The van der Waals surface area contributed by atoms with E-state index in [0.717, 1.165) is 60.7 Å². The van der Waals surface area contributed by atoms with E-state index in [0.29, 0.717) is 17.5 Å². The first kappa shape index (κ1) is 32.7. The number of aromatic nitrogens is 3. The minimum atomic E-state index is 0.587. The van der Waals surface area contributed by atoms with Crippen molar-refractivity contribution < 1.29 is 4.42 Å². The van der Waals surface area contributed by atoms with Crippen LogP contribution in [0.4, 0.5) is 0 Å². The van der Waals surface area contributed by atoms with Crippen molar-refractivity contribution in [3.63, 3.8) is 0 Å². The van der Waals surface area contributed by atoms with Crippen LogP contribution < -0.4 is 0 Å². The molecule has 0 aliphatic heterocycles. The molecule has 0 fully saturated rings. The van der Waals surface area contributed by atoms with Crippen molar-refractivity contribution in [2.24, 2.45) is 0 Å². The number of hydrogen-bond acceptors (Lipinski definition) is 4. The zero-order valence-corrected chi connectivity index (χ0v) is 30.8. The molecule has 0 saturated heterocycles. The Hall–Kier alpha value is -7.69. The molecule has 0 spiro atoms. The first-order valence-electron chi connectivity index (χ1n) is 19.2. The molecule has 0 N–H and O–H groups in total. The lowest BCUT2D eigenvalue weighted by atomic mass is 9.95. The Balaban J connectivity index is 1.09. The number of benzene rings is 9. The molecule has 0 radical (unpaired) electrons. The maximum absolute atomic E-state index is 6.56. The first-order valence-corrected chi connectivity index (χ1v) is 19.2. The van der Waals surface area contributed by atoms with Gasteiger partial charge in [0.25, 0.3) is 0 Å². The van der Waals surface area contributed by atoms with Crippen molar-refractivity contribution in [3.05, 3.63) is 200 Å². The van der Waals surface area contributed by atoms with Crippen LogP contribution >= 0.6 is 0 Å². The van der Waals surface area contributed by atoms with Gasteiger partial charge in [0.2, 0.25) is 0 Å². The molecule has 4 nitrogen and oxygen atoms in total.